The van der Waals surface area contributed by atoms with Gasteiger partial charge in [0.25, 0.3) is 0 Å². The Labute approximate surface area is 145 Å². The summed E-state index contributed by atoms with van der Waals surface area (Å²) in [6, 6.07) is 7.36. The molecular weight excluding hydrogens is 328 g/mol. The van der Waals surface area contributed by atoms with E-state index in [1.807, 2.05) is 24.3 Å². The Morgan fingerprint density at radius 1 is 1.21 bits per heavy atom. The maximum atomic E-state index is 12.1. The van der Waals surface area contributed by atoms with Crippen molar-refractivity contribution >= 4 is 16.0 Å². The molecule has 136 valence electrons. The fourth-order valence-corrected chi connectivity index (χ4v) is 3.64. The molecule has 1 aromatic rings. The van der Waals surface area contributed by atoms with Gasteiger partial charge in [-0.3, -0.25) is 4.99 Å². The first-order chi connectivity index (χ1) is 11.4. The molecule has 0 aliphatic carbocycles. The fraction of sp³-hybridized carbons (Fsp3) is 0.562. The molecule has 8 heteroatoms. The zero-order valence-electron chi connectivity index (χ0n) is 14.8. The van der Waals surface area contributed by atoms with E-state index in [9.17, 15) is 8.42 Å². The molecule has 24 heavy (non-hydrogen) atoms. The highest BCUT2D eigenvalue weighted by Gasteiger charge is 2.15. The summed E-state index contributed by atoms with van der Waals surface area (Å²) in [6.45, 7) is 5.32. The molecule has 0 heterocycles. The predicted octanol–water partition coefficient (Wildman–Crippen LogP) is 0.826. The van der Waals surface area contributed by atoms with Gasteiger partial charge < -0.3 is 15.4 Å². The van der Waals surface area contributed by atoms with Crippen LogP contribution in [0.15, 0.2) is 29.3 Å². The number of nitrogens with zero attached hydrogens (tertiary/aromatic N) is 1. The quantitative estimate of drug-likeness (QED) is 0.346. The maximum absolute atomic E-state index is 12.1. The van der Waals surface area contributed by atoms with Crippen LogP contribution >= 0.6 is 0 Å². The van der Waals surface area contributed by atoms with Crippen molar-refractivity contribution in [3.05, 3.63) is 35.4 Å². The van der Waals surface area contributed by atoms with Gasteiger partial charge in [0.05, 0.1) is 12.4 Å². The third kappa shape index (κ3) is 7.76. The Kier molecular flexibility index (Phi) is 8.73. The van der Waals surface area contributed by atoms with E-state index in [1.54, 1.807) is 28.0 Å². The van der Waals surface area contributed by atoms with Crippen LogP contribution in [0.25, 0.3) is 0 Å². The number of ether oxygens (including phenoxy) is 1. The molecule has 0 unspecified atom stereocenters. The lowest BCUT2D eigenvalue weighted by Gasteiger charge is -2.15. The molecule has 0 saturated heterocycles. The first kappa shape index (κ1) is 20.4. The summed E-state index contributed by atoms with van der Waals surface area (Å²) in [5.41, 5.74) is 1.69. The number of hydrogen-bond acceptors (Lipinski definition) is 4. The molecule has 0 atom stereocenters. The summed E-state index contributed by atoms with van der Waals surface area (Å²) < 4.78 is 31.9. The van der Waals surface area contributed by atoms with E-state index in [4.69, 9.17) is 4.74 Å². The average Bonchev–Trinajstić information content (AvgIpc) is 2.50. The summed E-state index contributed by atoms with van der Waals surface area (Å²) >= 11 is 0. The summed E-state index contributed by atoms with van der Waals surface area (Å²) in [5, 5.41) is 6.30. The molecule has 0 bridgehead atoms. The third-order valence-corrected chi connectivity index (χ3v) is 4.67. The highest BCUT2D eigenvalue weighted by atomic mass is 32.2. The Hall–Kier alpha value is -1.64. The number of guanidine groups is 1. The minimum Gasteiger partial charge on any atom is -0.383 e. The Bertz CT molecular complexity index is 630. The molecular formula is C16H28N4O3S. The van der Waals surface area contributed by atoms with Crippen LogP contribution < -0.4 is 15.4 Å². The van der Waals surface area contributed by atoms with Crippen molar-refractivity contribution in [3.63, 3.8) is 0 Å². The van der Waals surface area contributed by atoms with Crippen LogP contribution in [0.5, 0.6) is 0 Å². The standard InChI is InChI=1S/C16H28N4O3S/c1-13(2)20-24(21,22)12-15-8-6-5-7-14(15)11-19-16(17-3)18-9-10-23-4/h5-8,13,20H,9-12H2,1-4H3,(H2,17,18,19). The summed E-state index contributed by atoms with van der Waals surface area (Å²) in [7, 11) is -0.0340. The van der Waals surface area contributed by atoms with Crippen LogP contribution in [-0.2, 0) is 27.1 Å². The maximum Gasteiger partial charge on any atom is 0.216 e. The summed E-state index contributed by atoms with van der Waals surface area (Å²) in [4.78, 5) is 4.13. The highest BCUT2D eigenvalue weighted by Crippen LogP contribution is 2.12. The molecule has 0 aliphatic rings. The number of aliphatic imine (C=N–C) groups is 1. The van der Waals surface area contributed by atoms with Crippen LogP contribution in [0.3, 0.4) is 0 Å². The van der Waals surface area contributed by atoms with Crippen molar-refractivity contribution in [3.8, 4) is 0 Å². The number of rotatable bonds is 9. The van der Waals surface area contributed by atoms with E-state index in [2.05, 4.69) is 20.3 Å². The van der Waals surface area contributed by atoms with Crippen LogP contribution in [0.1, 0.15) is 25.0 Å². The van der Waals surface area contributed by atoms with Crippen LogP contribution in [-0.4, -0.2) is 47.7 Å². The van der Waals surface area contributed by atoms with Gasteiger partial charge >= 0.3 is 0 Å². The van der Waals surface area contributed by atoms with Crippen molar-refractivity contribution in [2.24, 2.45) is 4.99 Å². The average molecular weight is 356 g/mol. The Balaban J connectivity index is 2.73. The normalized spacial score (nSPS) is 12.5. The second-order valence-electron chi connectivity index (χ2n) is 5.65. The SMILES string of the molecule is CN=C(NCCOC)NCc1ccccc1CS(=O)(=O)NC(C)C. The van der Waals surface area contributed by atoms with E-state index in [1.165, 1.54) is 0 Å². The first-order valence-corrected chi connectivity index (χ1v) is 9.53. The van der Waals surface area contributed by atoms with Crippen LogP contribution in [0, 0.1) is 0 Å². The van der Waals surface area contributed by atoms with Gasteiger partial charge in [0, 0.05) is 33.3 Å². The lowest BCUT2D eigenvalue weighted by molar-refractivity contribution is 0.203. The van der Waals surface area contributed by atoms with Crippen molar-refractivity contribution in [1.82, 2.24) is 15.4 Å². The van der Waals surface area contributed by atoms with E-state index in [0.717, 1.165) is 11.1 Å². The zero-order valence-corrected chi connectivity index (χ0v) is 15.6. The number of hydrogen-bond donors (Lipinski definition) is 3. The van der Waals surface area contributed by atoms with Gasteiger partial charge in [0.15, 0.2) is 5.96 Å². The van der Waals surface area contributed by atoms with E-state index < -0.39 is 10.0 Å². The van der Waals surface area contributed by atoms with Gasteiger partial charge in [0.2, 0.25) is 10.0 Å². The lowest BCUT2D eigenvalue weighted by Crippen LogP contribution is -2.38. The number of methoxy groups -OCH3 is 1. The second-order valence-corrected chi connectivity index (χ2v) is 7.40. The van der Waals surface area contributed by atoms with Crippen molar-refractivity contribution < 1.29 is 13.2 Å². The first-order valence-electron chi connectivity index (χ1n) is 7.88. The molecule has 0 fully saturated rings. The third-order valence-electron chi connectivity index (χ3n) is 3.15. The van der Waals surface area contributed by atoms with Gasteiger partial charge in [-0.2, -0.15) is 0 Å². The molecule has 3 N–H and O–H groups in total. The molecule has 0 amide bonds. The topological polar surface area (TPSA) is 91.8 Å². The van der Waals surface area contributed by atoms with Crippen LogP contribution in [0.2, 0.25) is 0 Å². The predicted molar refractivity (Wildman–Crippen MR) is 97.4 cm³/mol. The minimum atomic E-state index is -3.36. The van der Waals surface area contributed by atoms with Gasteiger partial charge in [-0.1, -0.05) is 24.3 Å². The summed E-state index contributed by atoms with van der Waals surface area (Å²) in [5.74, 6) is 0.601. The van der Waals surface area contributed by atoms with E-state index >= 15 is 0 Å². The monoisotopic (exact) mass is 356 g/mol. The number of sulfonamides is 1. The van der Waals surface area contributed by atoms with Crippen LogP contribution in [0.4, 0.5) is 0 Å². The minimum absolute atomic E-state index is 0.0429. The Morgan fingerprint density at radius 3 is 2.46 bits per heavy atom. The van der Waals surface area contributed by atoms with Gasteiger partial charge in [0.1, 0.15) is 0 Å². The molecule has 0 aliphatic heterocycles. The highest BCUT2D eigenvalue weighted by molar-refractivity contribution is 7.88. The van der Waals surface area contributed by atoms with E-state index in [-0.39, 0.29) is 11.8 Å². The molecule has 0 spiro atoms. The number of benzene rings is 1. The molecule has 0 radical (unpaired) electrons. The molecule has 0 aromatic heterocycles. The lowest BCUT2D eigenvalue weighted by atomic mass is 10.1. The smallest absolute Gasteiger partial charge is 0.216 e. The Morgan fingerprint density at radius 2 is 1.88 bits per heavy atom. The fourth-order valence-electron chi connectivity index (χ4n) is 2.15. The molecule has 0 saturated carbocycles. The largest absolute Gasteiger partial charge is 0.383 e. The summed E-state index contributed by atoms with van der Waals surface area (Å²) in [6.07, 6.45) is 0. The molecule has 7 nitrogen and oxygen atoms in total. The van der Waals surface area contributed by atoms with Crippen molar-refractivity contribution in [2.45, 2.75) is 32.2 Å². The van der Waals surface area contributed by atoms with Gasteiger partial charge in [-0.25, -0.2) is 13.1 Å². The van der Waals surface area contributed by atoms with Crippen molar-refractivity contribution in [1.29, 1.82) is 0 Å². The van der Waals surface area contributed by atoms with Crippen molar-refractivity contribution in [2.75, 3.05) is 27.3 Å². The zero-order chi connectivity index (χ0) is 18.0. The molecule has 1 aromatic carbocycles. The van der Waals surface area contributed by atoms with Gasteiger partial charge in [-0.05, 0) is 25.0 Å². The number of nitrogens with one attached hydrogen (secondary N) is 3. The van der Waals surface area contributed by atoms with E-state index in [0.29, 0.717) is 25.7 Å². The second kappa shape index (κ2) is 10.3. The van der Waals surface area contributed by atoms with Gasteiger partial charge in [-0.15, -0.1) is 0 Å². The molecule has 1 rings (SSSR count).